The van der Waals surface area contributed by atoms with E-state index in [4.69, 9.17) is 5.73 Å². The van der Waals surface area contributed by atoms with Crippen molar-refractivity contribution in [2.75, 3.05) is 6.54 Å². The van der Waals surface area contributed by atoms with Crippen LogP contribution in [0.4, 0.5) is 0 Å². The van der Waals surface area contributed by atoms with E-state index in [1.54, 1.807) is 6.20 Å². The lowest BCUT2D eigenvalue weighted by atomic mass is 9.65. The van der Waals surface area contributed by atoms with Crippen LogP contribution in [-0.4, -0.2) is 21.4 Å². The van der Waals surface area contributed by atoms with Gasteiger partial charge in [0, 0.05) is 30.3 Å². The molecule has 0 radical (unpaired) electrons. The summed E-state index contributed by atoms with van der Waals surface area (Å²) in [4.78, 5) is 0. The Bertz CT molecular complexity index is 415. The third-order valence-corrected chi connectivity index (χ3v) is 4.68. The summed E-state index contributed by atoms with van der Waals surface area (Å²) in [7, 11) is 1.91. The Balaban J connectivity index is 2.29. The number of hydrogen-bond acceptors (Lipinski definition) is 3. The van der Waals surface area contributed by atoms with Crippen LogP contribution < -0.4 is 5.73 Å². The van der Waals surface area contributed by atoms with Crippen LogP contribution in [0.1, 0.15) is 50.0 Å². The van der Waals surface area contributed by atoms with E-state index in [9.17, 15) is 5.11 Å². The highest BCUT2D eigenvalue weighted by Gasteiger charge is 2.41. The van der Waals surface area contributed by atoms with Crippen molar-refractivity contribution in [3.05, 3.63) is 17.5 Å². The lowest BCUT2D eigenvalue weighted by Gasteiger charge is -2.42. The van der Waals surface area contributed by atoms with E-state index in [1.165, 1.54) is 6.42 Å². The number of aryl methyl sites for hydroxylation is 1. The van der Waals surface area contributed by atoms with E-state index < -0.39 is 6.10 Å². The molecule has 1 heterocycles. The Hall–Kier alpha value is -0.870. The molecule has 1 aliphatic carbocycles. The summed E-state index contributed by atoms with van der Waals surface area (Å²) in [6, 6.07) is 0. The van der Waals surface area contributed by atoms with Gasteiger partial charge in [-0.3, -0.25) is 4.68 Å². The first kappa shape index (κ1) is 13.6. The van der Waals surface area contributed by atoms with Gasteiger partial charge in [0.05, 0.1) is 12.3 Å². The van der Waals surface area contributed by atoms with Crippen molar-refractivity contribution in [3.8, 4) is 0 Å². The topological polar surface area (TPSA) is 64.1 Å². The van der Waals surface area contributed by atoms with Crippen LogP contribution in [0.3, 0.4) is 0 Å². The first-order valence-electron chi connectivity index (χ1n) is 6.87. The number of hydrogen-bond donors (Lipinski definition) is 2. The molecular formula is C14H25N3O. The second-order valence-electron chi connectivity index (χ2n) is 5.98. The molecule has 2 rings (SSSR count). The van der Waals surface area contributed by atoms with Gasteiger partial charge in [-0.2, -0.15) is 5.10 Å². The highest BCUT2D eigenvalue weighted by Crippen LogP contribution is 2.47. The second kappa shape index (κ2) is 5.02. The molecule has 3 atom stereocenters. The lowest BCUT2D eigenvalue weighted by molar-refractivity contribution is -0.0134. The molecule has 1 aromatic rings. The van der Waals surface area contributed by atoms with Gasteiger partial charge in [0.25, 0.3) is 0 Å². The molecule has 0 spiro atoms. The third-order valence-electron chi connectivity index (χ3n) is 4.68. The summed E-state index contributed by atoms with van der Waals surface area (Å²) >= 11 is 0. The molecule has 0 aliphatic heterocycles. The molecule has 0 bridgehead atoms. The minimum Gasteiger partial charge on any atom is -0.388 e. The molecule has 0 saturated heterocycles. The molecule has 1 saturated carbocycles. The molecule has 0 amide bonds. The van der Waals surface area contributed by atoms with Gasteiger partial charge in [0.1, 0.15) is 0 Å². The van der Waals surface area contributed by atoms with E-state index in [0.29, 0.717) is 12.5 Å². The van der Waals surface area contributed by atoms with Gasteiger partial charge in [0.15, 0.2) is 0 Å². The number of rotatable bonds is 3. The average Bonchev–Trinajstić information content (AvgIpc) is 2.69. The van der Waals surface area contributed by atoms with Gasteiger partial charge >= 0.3 is 0 Å². The maximum atomic E-state index is 10.8. The maximum absolute atomic E-state index is 10.8. The smallest absolute Gasteiger partial charge is 0.0891 e. The fourth-order valence-corrected chi connectivity index (χ4v) is 3.36. The largest absolute Gasteiger partial charge is 0.388 e. The SMILES string of the molecule is Cc1c(C(O)C2(CN)CCCC(C)C2)cnn1C. The summed E-state index contributed by atoms with van der Waals surface area (Å²) in [6.45, 7) is 4.81. The van der Waals surface area contributed by atoms with Crippen molar-refractivity contribution in [3.63, 3.8) is 0 Å². The van der Waals surface area contributed by atoms with Crippen molar-refractivity contribution in [1.29, 1.82) is 0 Å². The van der Waals surface area contributed by atoms with Crippen LogP contribution in [0.5, 0.6) is 0 Å². The van der Waals surface area contributed by atoms with Crippen molar-refractivity contribution in [2.45, 2.75) is 45.6 Å². The number of nitrogens with two attached hydrogens (primary N) is 1. The Labute approximate surface area is 109 Å². The Kier molecular flexibility index (Phi) is 3.78. The number of aliphatic hydroxyl groups is 1. The average molecular weight is 251 g/mol. The number of nitrogens with zero attached hydrogens (tertiary/aromatic N) is 2. The van der Waals surface area contributed by atoms with E-state index in [0.717, 1.165) is 30.5 Å². The summed E-state index contributed by atoms with van der Waals surface area (Å²) in [6.07, 6.45) is 5.74. The number of aromatic nitrogens is 2. The summed E-state index contributed by atoms with van der Waals surface area (Å²) in [5.41, 5.74) is 7.82. The summed E-state index contributed by atoms with van der Waals surface area (Å²) in [5.74, 6) is 0.647. The van der Waals surface area contributed by atoms with Crippen LogP contribution in [0.25, 0.3) is 0 Å². The fourth-order valence-electron chi connectivity index (χ4n) is 3.36. The van der Waals surface area contributed by atoms with Gasteiger partial charge in [-0.05, 0) is 25.7 Å². The zero-order chi connectivity index (χ0) is 13.3. The zero-order valence-electron chi connectivity index (χ0n) is 11.7. The third kappa shape index (κ3) is 2.19. The van der Waals surface area contributed by atoms with Gasteiger partial charge < -0.3 is 10.8 Å². The van der Waals surface area contributed by atoms with Crippen LogP contribution in [-0.2, 0) is 7.05 Å². The molecule has 1 aromatic heterocycles. The normalized spacial score (nSPS) is 30.4. The first-order chi connectivity index (χ1) is 8.50. The minimum atomic E-state index is -0.487. The van der Waals surface area contributed by atoms with Crippen LogP contribution >= 0.6 is 0 Å². The highest BCUT2D eigenvalue weighted by atomic mass is 16.3. The molecule has 3 unspecified atom stereocenters. The van der Waals surface area contributed by atoms with Gasteiger partial charge in [0.2, 0.25) is 0 Å². The first-order valence-corrected chi connectivity index (χ1v) is 6.87. The standard InChI is InChI=1S/C14H25N3O/c1-10-5-4-6-14(7-10,9-15)13(18)12-8-16-17(3)11(12)2/h8,10,13,18H,4-7,9,15H2,1-3H3. The van der Waals surface area contributed by atoms with Crippen molar-refractivity contribution < 1.29 is 5.11 Å². The van der Waals surface area contributed by atoms with E-state index in [2.05, 4.69) is 12.0 Å². The molecular weight excluding hydrogens is 226 g/mol. The van der Waals surface area contributed by atoms with E-state index in [1.807, 2.05) is 18.7 Å². The van der Waals surface area contributed by atoms with E-state index >= 15 is 0 Å². The van der Waals surface area contributed by atoms with Crippen molar-refractivity contribution in [1.82, 2.24) is 9.78 Å². The number of aliphatic hydroxyl groups excluding tert-OH is 1. The lowest BCUT2D eigenvalue weighted by Crippen LogP contribution is -2.40. The van der Waals surface area contributed by atoms with E-state index in [-0.39, 0.29) is 5.41 Å². The van der Waals surface area contributed by atoms with Crippen molar-refractivity contribution >= 4 is 0 Å². The Morgan fingerprint density at radius 1 is 1.67 bits per heavy atom. The minimum absolute atomic E-state index is 0.161. The van der Waals surface area contributed by atoms with Crippen LogP contribution in [0, 0.1) is 18.3 Å². The van der Waals surface area contributed by atoms with Gasteiger partial charge in [-0.1, -0.05) is 19.8 Å². The van der Waals surface area contributed by atoms with Crippen LogP contribution in [0.2, 0.25) is 0 Å². The Morgan fingerprint density at radius 3 is 2.89 bits per heavy atom. The molecule has 1 fully saturated rings. The maximum Gasteiger partial charge on any atom is 0.0891 e. The molecule has 1 aliphatic rings. The summed E-state index contributed by atoms with van der Waals surface area (Å²) < 4.78 is 1.81. The fraction of sp³-hybridized carbons (Fsp3) is 0.786. The van der Waals surface area contributed by atoms with Gasteiger partial charge in [-0.25, -0.2) is 0 Å². The highest BCUT2D eigenvalue weighted by molar-refractivity contribution is 5.22. The van der Waals surface area contributed by atoms with Gasteiger partial charge in [-0.15, -0.1) is 0 Å². The second-order valence-corrected chi connectivity index (χ2v) is 5.98. The quantitative estimate of drug-likeness (QED) is 0.862. The Morgan fingerprint density at radius 2 is 2.39 bits per heavy atom. The van der Waals surface area contributed by atoms with Crippen molar-refractivity contribution in [2.24, 2.45) is 24.1 Å². The molecule has 0 aromatic carbocycles. The molecule has 18 heavy (non-hydrogen) atoms. The van der Waals surface area contributed by atoms with Crippen LogP contribution in [0.15, 0.2) is 6.20 Å². The molecule has 4 nitrogen and oxygen atoms in total. The molecule has 102 valence electrons. The predicted octanol–water partition coefficient (Wildman–Crippen LogP) is 1.92. The summed E-state index contributed by atoms with van der Waals surface area (Å²) in [5, 5.41) is 15.0. The predicted molar refractivity (Wildman–Crippen MR) is 72.0 cm³/mol. The monoisotopic (exact) mass is 251 g/mol. The zero-order valence-corrected chi connectivity index (χ0v) is 11.7. The molecule has 4 heteroatoms. The molecule has 3 N–H and O–H groups in total.